The van der Waals surface area contributed by atoms with Crippen LogP contribution in [0.3, 0.4) is 0 Å². The Morgan fingerprint density at radius 1 is 0.316 bits per heavy atom. The summed E-state index contributed by atoms with van der Waals surface area (Å²) >= 11 is 0. The van der Waals surface area contributed by atoms with E-state index in [2.05, 4.69) is 228 Å². The molecule has 5 aromatic rings. The van der Waals surface area contributed by atoms with Crippen LogP contribution in [0.5, 0.6) is 11.5 Å². The van der Waals surface area contributed by atoms with Crippen LogP contribution in [-0.2, 0) is 32.5 Å². The molecule has 0 bridgehead atoms. The monoisotopic (exact) mass is 783 g/mol. The maximum Gasteiger partial charge on any atom is 0.326 e. The minimum atomic E-state index is -1.81. The van der Waals surface area contributed by atoms with Crippen LogP contribution >= 0.6 is 8.38 Å². The van der Waals surface area contributed by atoms with Crippen molar-refractivity contribution in [3.8, 4) is 33.8 Å². The smallest absolute Gasteiger partial charge is 0.326 e. The number of hydrogen-bond donors (Lipinski definition) is 0. The molecular formula is C54H71O2P. The van der Waals surface area contributed by atoms with Crippen LogP contribution in [0.2, 0.25) is 0 Å². The summed E-state index contributed by atoms with van der Waals surface area (Å²) in [5.41, 5.74) is 11.1. The second kappa shape index (κ2) is 15.7. The highest BCUT2D eigenvalue weighted by Gasteiger charge is 2.37. The summed E-state index contributed by atoms with van der Waals surface area (Å²) < 4.78 is 15.6. The van der Waals surface area contributed by atoms with Gasteiger partial charge in [-0.2, -0.15) is 0 Å². The molecule has 0 spiro atoms. The van der Waals surface area contributed by atoms with Crippen molar-refractivity contribution in [1.29, 1.82) is 0 Å². The first-order valence-electron chi connectivity index (χ1n) is 20.9. The van der Waals surface area contributed by atoms with Gasteiger partial charge in [-0.1, -0.05) is 222 Å². The highest BCUT2D eigenvalue weighted by molar-refractivity contribution is 7.57. The second-order valence-electron chi connectivity index (χ2n) is 22.1. The summed E-state index contributed by atoms with van der Waals surface area (Å²) in [6, 6.07) is 37.9. The summed E-state index contributed by atoms with van der Waals surface area (Å²) in [6.07, 6.45) is 0. The van der Waals surface area contributed by atoms with Gasteiger partial charge in [0.25, 0.3) is 0 Å². The molecule has 0 fully saturated rings. The fraction of sp³-hybridized carbons (Fsp3) is 0.444. The van der Waals surface area contributed by atoms with Crippen molar-refractivity contribution in [2.45, 2.75) is 157 Å². The van der Waals surface area contributed by atoms with Crippen molar-refractivity contribution >= 4 is 13.7 Å². The van der Waals surface area contributed by atoms with E-state index >= 15 is 0 Å². The summed E-state index contributed by atoms with van der Waals surface area (Å²) in [6.45, 7) is 41.4. The van der Waals surface area contributed by atoms with Crippen LogP contribution in [-0.4, -0.2) is 0 Å². The lowest BCUT2D eigenvalue weighted by Gasteiger charge is -2.35. The maximum absolute atomic E-state index is 7.80. The number of benzene rings is 5. The van der Waals surface area contributed by atoms with Gasteiger partial charge >= 0.3 is 8.38 Å². The molecule has 57 heavy (non-hydrogen) atoms. The fourth-order valence-corrected chi connectivity index (χ4v) is 9.38. The lowest BCUT2D eigenvalue weighted by molar-refractivity contribution is 0.444. The van der Waals surface area contributed by atoms with E-state index in [1.165, 1.54) is 55.6 Å². The van der Waals surface area contributed by atoms with E-state index in [1.54, 1.807) is 0 Å². The van der Waals surface area contributed by atoms with Crippen molar-refractivity contribution in [3.63, 3.8) is 0 Å². The molecule has 0 saturated carbocycles. The average Bonchev–Trinajstić information content (AvgIpc) is 3.08. The SMILES string of the molecule is CC(C)(C)c1cccc(C(C)(C)C)c1OP(Oc1c(C(C)(C)C)cccc1C(C)(C)C)c1cccc(-c2ccccc2)c1-c1c(C(C)(C)C)cccc1C(C)(C)C. The zero-order valence-corrected chi connectivity index (χ0v) is 39.5. The third-order valence-electron chi connectivity index (χ3n) is 10.9. The Kier molecular flexibility index (Phi) is 12.2. The molecule has 0 aliphatic carbocycles. The van der Waals surface area contributed by atoms with Gasteiger partial charge in [-0.15, -0.1) is 0 Å². The molecule has 0 aromatic heterocycles. The standard InChI is InChI=1S/C54H71O2P/c1-49(2,3)38-29-23-30-39(50(4,5)6)46(38)45-37(36-26-20-19-21-27-36)28-22-35-44(45)57(55-47-40(51(7,8)9)31-24-32-41(47)52(10,11)12)56-48-42(53(13,14)15)33-25-34-43(48)54(16,17)18/h19-35H,1-18H3. The largest absolute Gasteiger partial charge is 0.435 e. The molecule has 0 amide bonds. The Labute approximate surface area is 348 Å². The Morgan fingerprint density at radius 2 is 0.632 bits per heavy atom. The summed E-state index contributed by atoms with van der Waals surface area (Å²) in [4.78, 5) is 0. The van der Waals surface area contributed by atoms with Gasteiger partial charge in [0, 0.05) is 27.8 Å². The van der Waals surface area contributed by atoms with Gasteiger partial charge in [-0.25, -0.2) is 0 Å². The highest BCUT2D eigenvalue weighted by atomic mass is 31.2. The number of rotatable bonds is 7. The first-order valence-corrected chi connectivity index (χ1v) is 22.1. The molecule has 2 nitrogen and oxygen atoms in total. The molecule has 0 heterocycles. The van der Waals surface area contributed by atoms with Crippen LogP contribution in [0.25, 0.3) is 22.3 Å². The van der Waals surface area contributed by atoms with Gasteiger partial charge < -0.3 is 9.05 Å². The summed E-state index contributed by atoms with van der Waals surface area (Å²) in [5, 5.41) is 1.07. The van der Waals surface area contributed by atoms with E-state index in [0.717, 1.165) is 16.8 Å². The van der Waals surface area contributed by atoms with Gasteiger partial charge in [-0.05, 0) is 66.4 Å². The van der Waals surface area contributed by atoms with Crippen molar-refractivity contribution in [3.05, 3.63) is 137 Å². The van der Waals surface area contributed by atoms with Crippen LogP contribution < -0.4 is 14.4 Å². The van der Waals surface area contributed by atoms with E-state index < -0.39 is 8.38 Å². The highest BCUT2D eigenvalue weighted by Crippen LogP contribution is 2.54. The first-order chi connectivity index (χ1) is 26.1. The second-order valence-corrected chi connectivity index (χ2v) is 23.5. The Balaban J connectivity index is 2.03. The normalized spacial score (nSPS) is 13.2. The molecule has 0 atom stereocenters. The molecule has 5 rings (SSSR count). The molecule has 0 N–H and O–H groups in total. The summed E-state index contributed by atoms with van der Waals surface area (Å²) in [7, 11) is -1.81. The van der Waals surface area contributed by atoms with Crippen molar-refractivity contribution in [2.75, 3.05) is 0 Å². The van der Waals surface area contributed by atoms with Crippen molar-refractivity contribution in [1.82, 2.24) is 0 Å². The maximum atomic E-state index is 7.80. The number of para-hydroxylation sites is 2. The van der Waals surface area contributed by atoms with Crippen molar-refractivity contribution < 1.29 is 9.05 Å². The van der Waals surface area contributed by atoms with Crippen molar-refractivity contribution in [2.24, 2.45) is 0 Å². The molecule has 0 radical (unpaired) electrons. The van der Waals surface area contributed by atoms with E-state index in [1.807, 2.05) is 0 Å². The zero-order valence-electron chi connectivity index (χ0n) is 38.6. The molecular weight excluding hydrogens is 712 g/mol. The minimum Gasteiger partial charge on any atom is -0.435 e. The average molecular weight is 783 g/mol. The number of hydrogen-bond acceptors (Lipinski definition) is 2. The van der Waals surface area contributed by atoms with Crippen LogP contribution in [0.4, 0.5) is 0 Å². The quantitative estimate of drug-likeness (QED) is 0.153. The van der Waals surface area contributed by atoms with Gasteiger partial charge in [0.05, 0.1) is 5.30 Å². The van der Waals surface area contributed by atoms with E-state index in [9.17, 15) is 0 Å². The topological polar surface area (TPSA) is 18.5 Å². The van der Waals surface area contributed by atoms with Crippen LogP contribution in [0.15, 0.2) is 103 Å². The van der Waals surface area contributed by atoms with E-state index in [-0.39, 0.29) is 32.5 Å². The van der Waals surface area contributed by atoms with E-state index in [4.69, 9.17) is 9.05 Å². The van der Waals surface area contributed by atoms with Crippen LogP contribution in [0, 0.1) is 0 Å². The summed E-state index contributed by atoms with van der Waals surface area (Å²) in [5.74, 6) is 1.84. The van der Waals surface area contributed by atoms with Gasteiger partial charge in [-0.3, -0.25) is 0 Å². The minimum absolute atomic E-state index is 0.140. The van der Waals surface area contributed by atoms with Crippen LogP contribution in [0.1, 0.15) is 158 Å². The Hall–Kier alpha value is -3.87. The van der Waals surface area contributed by atoms with E-state index in [0.29, 0.717) is 0 Å². The predicted molar refractivity (Wildman–Crippen MR) is 250 cm³/mol. The molecule has 304 valence electrons. The molecule has 0 saturated heterocycles. The predicted octanol–water partition coefficient (Wildman–Crippen LogP) is 15.9. The van der Waals surface area contributed by atoms with Gasteiger partial charge in [0.15, 0.2) is 0 Å². The van der Waals surface area contributed by atoms with Gasteiger partial charge in [0.2, 0.25) is 0 Å². The lowest BCUT2D eigenvalue weighted by atomic mass is 9.73. The molecule has 5 aromatic carbocycles. The first kappa shape index (κ1) is 44.2. The third-order valence-corrected chi connectivity index (χ3v) is 12.3. The third kappa shape index (κ3) is 9.71. The Morgan fingerprint density at radius 3 is 0.965 bits per heavy atom. The molecule has 0 aliphatic heterocycles. The van der Waals surface area contributed by atoms with Gasteiger partial charge in [0.1, 0.15) is 11.5 Å². The zero-order chi connectivity index (χ0) is 42.5. The fourth-order valence-electron chi connectivity index (χ4n) is 7.80. The molecule has 3 heteroatoms. The molecule has 0 aliphatic rings. The lowest BCUT2D eigenvalue weighted by Crippen LogP contribution is -2.25. The molecule has 0 unspecified atom stereocenters. The Bertz CT molecular complexity index is 2010.